The number of carbonyl (C=O) groups excluding carboxylic acids is 2. The average molecular weight is 514 g/mol. The standard InChI is InChI=1S/C25H19FN8O4/c26-20-11-16(29-24(36)21-15-34(32-31-21)17-3-1-8-27-13-17)5-6-22(20)38-19-7-9-28-23(12-19)30-25(37)33-10-2-4-18(35)14-33/h1-13,15,35H,14H2,(H,29,36)(H,28,30,37). The minimum Gasteiger partial charge on any atom is -0.510 e. The molecule has 38 heavy (non-hydrogen) atoms. The van der Waals surface area contributed by atoms with Crippen LogP contribution in [0.4, 0.5) is 20.7 Å². The molecule has 4 aromatic rings. The van der Waals surface area contributed by atoms with Crippen molar-refractivity contribution in [2.75, 3.05) is 17.2 Å². The van der Waals surface area contributed by atoms with E-state index in [1.807, 2.05) is 0 Å². The molecule has 0 bridgehead atoms. The molecular weight excluding hydrogens is 495 g/mol. The molecule has 13 heteroatoms. The second kappa shape index (κ2) is 10.6. The van der Waals surface area contributed by atoms with E-state index in [-0.39, 0.29) is 41.0 Å². The van der Waals surface area contributed by atoms with Crippen molar-refractivity contribution >= 4 is 23.4 Å². The Morgan fingerprint density at radius 1 is 1.11 bits per heavy atom. The summed E-state index contributed by atoms with van der Waals surface area (Å²) < 4.78 is 21.8. The molecule has 0 fully saturated rings. The quantitative estimate of drug-likeness (QED) is 0.349. The van der Waals surface area contributed by atoms with E-state index in [1.165, 1.54) is 64.6 Å². The minimum atomic E-state index is -0.732. The predicted octanol–water partition coefficient (Wildman–Crippen LogP) is 4.04. The predicted molar refractivity (Wildman–Crippen MR) is 133 cm³/mol. The van der Waals surface area contributed by atoms with E-state index < -0.39 is 17.8 Å². The van der Waals surface area contributed by atoms with Crippen LogP contribution in [0.3, 0.4) is 0 Å². The zero-order valence-electron chi connectivity index (χ0n) is 19.5. The Kier molecular flexibility index (Phi) is 6.71. The summed E-state index contributed by atoms with van der Waals surface area (Å²) in [6.07, 6.45) is 10.5. The van der Waals surface area contributed by atoms with E-state index in [0.29, 0.717) is 5.69 Å². The molecule has 3 N–H and O–H groups in total. The number of aromatic nitrogens is 5. The van der Waals surface area contributed by atoms with Crippen LogP contribution in [0, 0.1) is 5.82 Å². The Bertz CT molecular complexity index is 1550. The summed E-state index contributed by atoms with van der Waals surface area (Å²) in [6, 6.07) is 9.80. The summed E-state index contributed by atoms with van der Waals surface area (Å²) in [6.45, 7) is 0.0233. The van der Waals surface area contributed by atoms with Crippen molar-refractivity contribution in [2.45, 2.75) is 0 Å². The molecule has 0 aliphatic carbocycles. The number of halogens is 1. The first-order valence-corrected chi connectivity index (χ1v) is 11.2. The lowest BCUT2D eigenvalue weighted by atomic mass is 10.2. The molecule has 0 saturated carbocycles. The molecule has 0 radical (unpaired) electrons. The van der Waals surface area contributed by atoms with Crippen molar-refractivity contribution in [2.24, 2.45) is 0 Å². The molecule has 3 aromatic heterocycles. The van der Waals surface area contributed by atoms with Gasteiger partial charge in [0.05, 0.1) is 24.6 Å². The fourth-order valence-corrected chi connectivity index (χ4v) is 3.37. The van der Waals surface area contributed by atoms with Gasteiger partial charge in [-0.1, -0.05) is 5.21 Å². The topological polar surface area (TPSA) is 147 Å². The fraction of sp³-hybridized carbons (Fsp3) is 0.0400. The number of nitrogens with one attached hydrogen (secondary N) is 2. The number of benzene rings is 1. The van der Waals surface area contributed by atoms with Gasteiger partial charge in [-0.2, -0.15) is 0 Å². The zero-order chi connectivity index (χ0) is 26.5. The molecule has 0 atom stereocenters. The maximum atomic E-state index is 14.8. The third-order valence-electron chi connectivity index (χ3n) is 5.17. The lowest BCUT2D eigenvalue weighted by Crippen LogP contribution is -2.33. The lowest BCUT2D eigenvalue weighted by molar-refractivity contribution is 0.102. The van der Waals surface area contributed by atoms with Gasteiger partial charge in [-0.3, -0.25) is 20.0 Å². The highest BCUT2D eigenvalue weighted by Crippen LogP contribution is 2.28. The second-order valence-electron chi connectivity index (χ2n) is 7.90. The summed E-state index contributed by atoms with van der Waals surface area (Å²) in [7, 11) is 0. The molecule has 3 amide bonds. The van der Waals surface area contributed by atoms with Crippen LogP contribution in [0.2, 0.25) is 0 Å². The van der Waals surface area contributed by atoms with Crippen LogP contribution in [0.15, 0.2) is 91.4 Å². The molecule has 4 heterocycles. The maximum absolute atomic E-state index is 14.8. The Hall–Kier alpha value is -5.59. The van der Waals surface area contributed by atoms with E-state index in [1.54, 1.807) is 24.5 Å². The van der Waals surface area contributed by atoms with Gasteiger partial charge >= 0.3 is 6.03 Å². The van der Waals surface area contributed by atoms with Gasteiger partial charge in [-0.05, 0) is 42.5 Å². The van der Waals surface area contributed by atoms with Crippen molar-refractivity contribution in [3.8, 4) is 17.2 Å². The lowest BCUT2D eigenvalue weighted by Gasteiger charge is -2.20. The minimum absolute atomic E-state index is 0.0233. The molecule has 5 rings (SSSR count). The van der Waals surface area contributed by atoms with Crippen molar-refractivity contribution in [1.29, 1.82) is 0 Å². The number of ether oxygens (including phenoxy) is 1. The number of aliphatic hydroxyl groups is 1. The number of nitrogens with zero attached hydrogens (tertiary/aromatic N) is 6. The molecule has 1 aromatic carbocycles. The van der Waals surface area contributed by atoms with Crippen LogP contribution in [-0.4, -0.2) is 53.5 Å². The van der Waals surface area contributed by atoms with Crippen LogP contribution >= 0.6 is 0 Å². The van der Waals surface area contributed by atoms with E-state index >= 15 is 0 Å². The molecule has 0 saturated heterocycles. The van der Waals surface area contributed by atoms with Gasteiger partial charge in [0.15, 0.2) is 17.3 Å². The monoisotopic (exact) mass is 514 g/mol. The maximum Gasteiger partial charge on any atom is 0.327 e. The van der Waals surface area contributed by atoms with Gasteiger partial charge < -0.3 is 15.2 Å². The number of hydrogen-bond donors (Lipinski definition) is 3. The number of rotatable bonds is 6. The van der Waals surface area contributed by atoms with Crippen LogP contribution in [0.25, 0.3) is 5.69 Å². The summed E-state index contributed by atoms with van der Waals surface area (Å²) in [5.41, 5.74) is 0.850. The fourth-order valence-electron chi connectivity index (χ4n) is 3.37. The Morgan fingerprint density at radius 2 is 2.00 bits per heavy atom. The second-order valence-corrected chi connectivity index (χ2v) is 7.90. The van der Waals surface area contributed by atoms with Gasteiger partial charge in [0, 0.05) is 36.4 Å². The van der Waals surface area contributed by atoms with Crippen LogP contribution in [0.5, 0.6) is 11.5 Å². The molecule has 190 valence electrons. The highest BCUT2D eigenvalue weighted by Gasteiger charge is 2.17. The first kappa shape index (κ1) is 24.1. The first-order valence-electron chi connectivity index (χ1n) is 11.2. The third kappa shape index (κ3) is 5.62. The number of aliphatic hydroxyl groups excluding tert-OH is 1. The number of pyridine rings is 2. The van der Waals surface area contributed by atoms with Crippen LogP contribution < -0.4 is 15.4 Å². The van der Waals surface area contributed by atoms with Gasteiger partial charge in [0.1, 0.15) is 17.3 Å². The number of hydrogen-bond acceptors (Lipinski definition) is 8. The van der Waals surface area contributed by atoms with Gasteiger partial charge in [0.25, 0.3) is 5.91 Å². The molecule has 1 aliphatic heterocycles. The van der Waals surface area contributed by atoms with Crippen molar-refractivity contribution < 1.29 is 23.8 Å². The van der Waals surface area contributed by atoms with Gasteiger partial charge in [0.2, 0.25) is 0 Å². The van der Waals surface area contributed by atoms with Crippen molar-refractivity contribution in [3.05, 3.63) is 103 Å². The summed E-state index contributed by atoms with van der Waals surface area (Å²) in [5.74, 6) is -0.990. The summed E-state index contributed by atoms with van der Waals surface area (Å²) in [4.78, 5) is 34.2. The zero-order valence-corrected chi connectivity index (χ0v) is 19.5. The first-order chi connectivity index (χ1) is 18.4. The summed E-state index contributed by atoms with van der Waals surface area (Å²) in [5, 5.41) is 22.5. The van der Waals surface area contributed by atoms with Crippen LogP contribution in [0.1, 0.15) is 10.5 Å². The SMILES string of the molecule is O=C(Nc1ccc(Oc2ccnc(NC(=O)N3C=CC=C(O)C3)c2)c(F)c1)c1cn(-c2cccnc2)nn1. The molecular formula is C25H19FN8O4. The van der Waals surface area contributed by atoms with Crippen molar-refractivity contribution in [3.63, 3.8) is 0 Å². The Labute approximate surface area is 214 Å². The third-order valence-corrected chi connectivity index (χ3v) is 5.17. The summed E-state index contributed by atoms with van der Waals surface area (Å²) >= 11 is 0. The van der Waals surface area contributed by atoms with Crippen LogP contribution in [-0.2, 0) is 0 Å². The number of carbonyl (C=O) groups is 2. The molecule has 12 nitrogen and oxygen atoms in total. The van der Waals surface area contributed by atoms with E-state index in [4.69, 9.17) is 4.74 Å². The number of anilines is 2. The van der Waals surface area contributed by atoms with E-state index in [2.05, 4.69) is 30.9 Å². The molecule has 0 spiro atoms. The Balaban J connectivity index is 1.22. The normalized spacial score (nSPS) is 12.6. The van der Waals surface area contributed by atoms with E-state index in [0.717, 1.165) is 6.07 Å². The van der Waals surface area contributed by atoms with Crippen molar-refractivity contribution in [1.82, 2.24) is 29.9 Å². The van der Waals surface area contributed by atoms with E-state index in [9.17, 15) is 19.1 Å². The molecule has 0 unspecified atom stereocenters. The largest absolute Gasteiger partial charge is 0.510 e. The number of urea groups is 1. The highest BCUT2D eigenvalue weighted by molar-refractivity contribution is 6.02. The molecule has 1 aliphatic rings. The number of allylic oxidation sites excluding steroid dienone is 2. The highest BCUT2D eigenvalue weighted by atomic mass is 19.1. The van der Waals surface area contributed by atoms with Gasteiger partial charge in [-0.15, -0.1) is 5.10 Å². The van der Waals surface area contributed by atoms with Gasteiger partial charge in [-0.25, -0.2) is 18.9 Å². The average Bonchev–Trinajstić information content (AvgIpc) is 3.42. The Morgan fingerprint density at radius 3 is 2.79 bits per heavy atom. The smallest absolute Gasteiger partial charge is 0.327 e. The number of amides is 3.